The Hall–Kier alpha value is -4.03. The van der Waals surface area contributed by atoms with E-state index >= 15 is 0 Å². The van der Waals surface area contributed by atoms with Crippen LogP contribution in [0.1, 0.15) is 33.9 Å². The summed E-state index contributed by atoms with van der Waals surface area (Å²) in [5.41, 5.74) is 5.32. The van der Waals surface area contributed by atoms with E-state index in [0.29, 0.717) is 12.0 Å². The summed E-state index contributed by atoms with van der Waals surface area (Å²) in [5, 5.41) is 0. The van der Waals surface area contributed by atoms with Gasteiger partial charge < -0.3 is 10.5 Å². The molecule has 11 nitrogen and oxygen atoms in total. The lowest BCUT2D eigenvalue weighted by atomic mass is 9.92. The minimum Gasteiger partial charge on any atom is -0.457 e. The number of nitrogens with two attached hydrogens (primary N) is 1. The van der Waals surface area contributed by atoms with Crippen molar-refractivity contribution in [3.8, 4) is 0 Å². The lowest BCUT2D eigenvalue weighted by molar-refractivity contribution is -0.143. The van der Waals surface area contributed by atoms with E-state index in [-0.39, 0.29) is 23.7 Å². The number of nitrogens with zero attached hydrogens (tertiary/aromatic N) is 3. The third-order valence-electron chi connectivity index (χ3n) is 6.43. The molecular weight excluding hydrogens is 500 g/mol. The zero-order valence-electron chi connectivity index (χ0n) is 20.3. The number of benzene rings is 2. The number of hydrogen-bond acceptors (Lipinski definition) is 8. The molecule has 2 aromatic carbocycles. The van der Waals surface area contributed by atoms with Gasteiger partial charge in [0.1, 0.15) is 11.4 Å². The molecule has 0 aliphatic carbocycles. The number of fused-ring (bicyclic) bond motifs is 1. The maximum absolute atomic E-state index is 13.4. The van der Waals surface area contributed by atoms with Crippen molar-refractivity contribution in [1.82, 2.24) is 13.4 Å². The highest BCUT2D eigenvalue weighted by Gasteiger charge is 2.38. The minimum atomic E-state index is -3.93. The zero-order valence-corrected chi connectivity index (χ0v) is 21.1. The molecule has 1 aromatic heterocycles. The first-order valence-electron chi connectivity index (χ1n) is 11.4. The summed E-state index contributed by atoms with van der Waals surface area (Å²) in [7, 11) is -1.42. The Morgan fingerprint density at radius 2 is 1.65 bits per heavy atom. The van der Waals surface area contributed by atoms with E-state index in [1.165, 1.54) is 30.5 Å². The quantitative estimate of drug-likeness (QED) is 0.350. The van der Waals surface area contributed by atoms with E-state index in [0.717, 1.165) is 14.7 Å². The number of esters is 1. The largest absolute Gasteiger partial charge is 0.457 e. The van der Waals surface area contributed by atoms with E-state index in [9.17, 15) is 27.6 Å². The van der Waals surface area contributed by atoms with E-state index < -0.39 is 51.2 Å². The van der Waals surface area contributed by atoms with Gasteiger partial charge in [0.05, 0.1) is 17.4 Å². The van der Waals surface area contributed by atoms with Gasteiger partial charge in [-0.3, -0.25) is 23.5 Å². The smallest absolute Gasteiger partial charge is 0.332 e. The highest BCUT2D eigenvalue weighted by atomic mass is 32.2. The Morgan fingerprint density at radius 1 is 1.00 bits per heavy atom. The van der Waals surface area contributed by atoms with E-state index in [4.69, 9.17) is 10.5 Å². The van der Waals surface area contributed by atoms with Crippen LogP contribution >= 0.6 is 0 Å². The second-order valence-corrected chi connectivity index (χ2v) is 10.5. The van der Waals surface area contributed by atoms with Crippen molar-refractivity contribution in [3.63, 3.8) is 0 Å². The minimum absolute atomic E-state index is 0.101. The van der Waals surface area contributed by atoms with Gasteiger partial charge >= 0.3 is 11.7 Å². The summed E-state index contributed by atoms with van der Waals surface area (Å²) < 4.78 is 35.0. The third kappa shape index (κ3) is 4.85. The molecule has 0 radical (unpaired) electrons. The van der Waals surface area contributed by atoms with E-state index in [1.807, 2.05) is 12.1 Å². The van der Waals surface area contributed by atoms with Crippen LogP contribution in [0.25, 0.3) is 0 Å². The topological polar surface area (TPSA) is 151 Å². The molecule has 0 amide bonds. The Labute approximate surface area is 212 Å². The van der Waals surface area contributed by atoms with Crippen LogP contribution in [-0.4, -0.2) is 46.8 Å². The Kier molecular flexibility index (Phi) is 7.14. The van der Waals surface area contributed by atoms with E-state index in [2.05, 4.69) is 0 Å². The van der Waals surface area contributed by atoms with Gasteiger partial charge in [-0.1, -0.05) is 42.5 Å². The third-order valence-corrected chi connectivity index (χ3v) is 8.35. The maximum atomic E-state index is 13.4. The molecule has 2 N–H and O–H groups in total. The molecule has 0 spiro atoms. The number of ketones is 1. The summed E-state index contributed by atoms with van der Waals surface area (Å²) in [6, 6.07) is 14.3. The Balaban J connectivity index is 1.58. The van der Waals surface area contributed by atoms with Crippen molar-refractivity contribution in [2.45, 2.75) is 23.8 Å². The number of sulfonamides is 1. The van der Waals surface area contributed by atoms with Gasteiger partial charge in [-0.05, 0) is 29.7 Å². The summed E-state index contributed by atoms with van der Waals surface area (Å²) in [6.07, 6.45) is 0.124. The Bertz CT molecular complexity index is 1590. The molecule has 0 bridgehead atoms. The lowest BCUT2D eigenvalue weighted by Gasteiger charge is -2.36. The molecule has 0 fully saturated rings. The molecule has 0 saturated heterocycles. The predicted molar refractivity (Wildman–Crippen MR) is 134 cm³/mol. The number of carbonyl (C=O) groups is 2. The first kappa shape index (κ1) is 26.0. The fourth-order valence-corrected chi connectivity index (χ4v) is 6.04. The Morgan fingerprint density at radius 3 is 2.35 bits per heavy atom. The fourth-order valence-electron chi connectivity index (χ4n) is 4.41. The molecule has 1 atom stereocenters. The zero-order chi connectivity index (χ0) is 26.9. The lowest BCUT2D eigenvalue weighted by Crippen LogP contribution is -2.42. The normalized spacial score (nSPS) is 15.7. The first-order valence-corrected chi connectivity index (χ1v) is 12.9. The van der Waals surface area contributed by atoms with Crippen molar-refractivity contribution in [3.05, 3.63) is 92.1 Å². The number of carbonyl (C=O) groups excluding carboxylic acids is 2. The molecule has 194 valence electrons. The van der Waals surface area contributed by atoms with Gasteiger partial charge in [-0.15, -0.1) is 0 Å². The van der Waals surface area contributed by atoms with Gasteiger partial charge in [-0.25, -0.2) is 13.2 Å². The van der Waals surface area contributed by atoms with Gasteiger partial charge in [0.15, 0.2) is 6.61 Å². The van der Waals surface area contributed by atoms with Crippen LogP contribution in [0, 0.1) is 0 Å². The van der Waals surface area contributed by atoms with Crippen molar-refractivity contribution in [2.24, 2.45) is 14.1 Å². The van der Waals surface area contributed by atoms with Crippen LogP contribution in [0.2, 0.25) is 0 Å². The second kappa shape index (κ2) is 10.1. The van der Waals surface area contributed by atoms with Crippen LogP contribution in [0.3, 0.4) is 0 Å². The number of anilines is 1. The second-order valence-electron chi connectivity index (χ2n) is 8.65. The number of rotatable bonds is 7. The van der Waals surface area contributed by atoms with Crippen LogP contribution in [0.5, 0.6) is 0 Å². The predicted octanol–water partition coefficient (Wildman–Crippen LogP) is 0.770. The van der Waals surface area contributed by atoms with Crippen molar-refractivity contribution in [2.75, 3.05) is 18.9 Å². The standard InChI is InChI=1S/C25H26N4O7S/c1-27-23(26)22(24(32)28(2)25(27)33)20(30)15-36-21(31)14-19-18-11-7-6-8-16(18)12-13-29(19)37(34,35)17-9-4-3-5-10-17/h3-11,19H,12-15,26H2,1-2H3/t19-/m1/s1. The number of nitrogen functional groups attached to an aromatic ring is 1. The average Bonchev–Trinajstić information content (AvgIpc) is 2.90. The van der Waals surface area contributed by atoms with Gasteiger partial charge in [-0.2, -0.15) is 4.31 Å². The summed E-state index contributed by atoms with van der Waals surface area (Å²) in [4.78, 5) is 50.1. The highest BCUT2D eigenvalue weighted by Crippen LogP contribution is 2.36. The van der Waals surface area contributed by atoms with Crippen LogP contribution < -0.4 is 17.0 Å². The van der Waals surface area contributed by atoms with Crippen molar-refractivity contribution < 1.29 is 22.7 Å². The number of Topliss-reactive ketones (excluding diaryl/α,β-unsaturated/α-hetero) is 1. The fraction of sp³-hybridized carbons (Fsp3) is 0.280. The molecule has 37 heavy (non-hydrogen) atoms. The molecule has 1 aliphatic heterocycles. The van der Waals surface area contributed by atoms with Crippen LogP contribution in [-0.2, 0) is 40.1 Å². The molecule has 4 rings (SSSR count). The summed E-state index contributed by atoms with van der Waals surface area (Å²) >= 11 is 0. The maximum Gasteiger partial charge on any atom is 0.332 e. The number of hydrogen-bond donors (Lipinski definition) is 1. The average molecular weight is 527 g/mol. The monoisotopic (exact) mass is 526 g/mol. The van der Waals surface area contributed by atoms with Crippen molar-refractivity contribution in [1.29, 1.82) is 0 Å². The highest BCUT2D eigenvalue weighted by molar-refractivity contribution is 7.89. The SMILES string of the molecule is Cn1c(N)c(C(=O)COC(=O)C[C@@H]2c3ccccc3CCN2S(=O)(=O)c2ccccc2)c(=O)n(C)c1=O. The molecule has 1 aliphatic rings. The van der Waals surface area contributed by atoms with Gasteiger partial charge in [0.2, 0.25) is 15.8 Å². The van der Waals surface area contributed by atoms with E-state index in [1.54, 1.807) is 30.3 Å². The van der Waals surface area contributed by atoms with Gasteiger partial charge in [0.25, 0.3) is 5.56 Å². The summed E-state index contributed by atoms with van der Waals surface area (Å²) in [5.74, 6) is -2.04. The number of ether oxygens (including phenoxy) is 1. The molecule has 2 heterocycles. The molecule has 0 saturated carbocycles. The van der Waals surface area contributed by atoms with Gasteiger partial charge in [0, 0.05) is 20.6 Å². The number of aromatic nitrogens is 2. The summed E-state index contributed by atoms with van der Waals surface area (Å²) in [6.45, 7) is -0.633. The van der Waals surface area contributed by atoms with Crippen LogP contribution in [0.15, 0.2) is 69.1 Å². The molecular formula is C25H26N4O7S. The van der Waals surface area contributed by atoms with Crippen molar-refractivity contribution >= 4 is 27.6 Å². The molecule has 3 aromatic rings. The first-order chi connectivity index (χ1) is 17.5. The van der Waals surface area contributed by atoms with Crippen LogP contribution in [0.4, 0.5) is 5.82 Å². The molecule has 12 heteroatoms. The molecule has 0 unspecified atom stereocenters.